The van der Waals surface area contributed by atoms with Crippen molar-refractivity contribution < 1.29 is 9.59 Å². The molecule has 1 atom stereocenters. The molecule has 20 heavy (non-hydrogen) atoms. The quantitative estimate of drug-likeness (QED) is 0.750. The van der Waals surface area contributed by atoms with Gasteiger partial charge in [-0.25, -0.2) is 0 Å². The van der Waals surface area contributed by atoms with Gasteiger partial charge in [0.15, 0.2) is 0 Å². The molecule has 1 unspecified atom stereocenters. The molecule has 0 bridgehead atoms. The number of aromatic nitrogens is 1. The molecule has 2 rings (SSSR count). The van der Waals surface area contributed by atoms with Crippen molar-refractivity contribution in [2.75, 3.05) is 26.2 Å². The van der Waals surface area contributed by atoms with Crippen molar-refractivity contribution >= 4 is 11.8 Å². The monoisotopic (exact) mass is 276 g/mol. The summed E-state index contributed by atoms with van der Waals surface area (Å²) >= 11 is 0. The van der Waals surface area contributed by atoms with Crippen LogP contribution in [0.2, 0.25) is 0 Å². The van der Waals surface area contributed by atoms with Crippen LogP contribution in [0.25, 0.3) is 0 Å². The van der Waals surface area contributed by atoms with Crippen LogP contribution in [-0.2, 0) is 9.59 Å². The lowest BCUT2D eigenvalue weighted by molar-refractivity contribution is -0.146. The first-order valence-corrected chi connectivity index (χ1v) is 6.89. The highest BCUT2D eigenvalue weighted by Crippen LogP contribution is 2.10. The Hall–Kier alpha value is -1.95. The van der Waals surface area contributed by atoms with Gasteiger partial charge in [0.2, 0.25) is 0 Å². The second kappa shape index (κ2) is 7.00. The number of pyridine rings is 1. The zero-order valence-corrected chi connectivity index (χ0v) is 11.6. The molecule has 1 fully saturated rings. The van der Waals surface area contributed by atoms with E-state index in [1.54, 1.807) is 17.3 Å². The van der Waals surface area contributed by atoms with Gasteiger partial charge >= 0.3 is 11.8 Å². The zero-order valence-electron chi connectivity index (χ0n) is 11.6. The Balaban J connectivity index is 1.92. The fraction of sp³-hybridized carbons (Fsp3) is 0.500. The number of nitrogens with one attached hydrogen (secondary N) is 2. The van der Waals surface area contributed by atoms with Crippen molar-refractivity contribution in [1.82, 2.24) is 20.5 Å². The van der Waals surface area contributed by atoms with Crippen molar-refractivity contribution in [3.8, 4) is 0 Å². The first kappa shape index (κ1) is 14.5. The standard InChI is InChI=1S/C14H20N4O2/c1-11(12-3-6-16-7-4-12)17-13(19)14(20)18-9-2-5-15-8-10-18/h3-4,6-7,11,15H,2,5,8-10H2,1H3,(H,17,19). The van der Waals surface area contributed by atoms with Gasteiger partial charge in [-0.1, -0.05) is 0 Å². The van der Waals surface area contributed by atoms with Gasteiger partial charge in [-0.05, 0) is 37.6 Å². The molecule has 6 heteroatoms. The maximum atomic E-state index is 12.1. The van der Waals surface area contributed by atoms with E-state index in [0.717, 1.165) is 25.1 Å². The van der Waals surface area contributed by atoms with Gasteiger partial charge in [0.1, 0.15) is 0 Å². The van der Waals surface area contributed by atoms with Crippen molar-refractivity contribution in [3.05, 3.63) is 30.1 Å². The van der Waals surface area contributed by atoms with E-state index < -0.39 is 11.8 Å². The number of amides is 2. The molecule has 108 valence electrons. The molecule has 1 aromatic rings. The summed E-state index contributed by atoms with van der Waals surface area (Å²) in [5.74, 6) is -0.995. The van der Waals surface area contributed by atoms with Gasteiger partial charge in [-0.15, -0.1) is 0 Å². The molecule has 2 heterocycles. The Bertz CT molecular complexity index is 456. The van der Waals surface area contributed by atoms with Crippen LogP contribution >= 0.6 is 0 Å². The summed E-state index contributed by atoms with van der Waals surface area (Å²) in [6.07, 6.45) is 4.21. The zero-order chi connectivity index (χ0) is 14.4. The van der Waals surface area contributed by atoms with E-state index in [-0.39, 0.29) is 6.04 Å². The molecule has 0 aromatic carbocycles. The highest BCUT2D eigenvalue weighted by Gasteiger charge is 2.23. The molecule has 1 aliphatic rings. The van der Waals surface area contributed by atoms with Crippen LogP contribution in [0, 0.1) is 0 Å². The van der Waals surface area contributed by atoms with Crippen LogP contribution in [0.5, 0.6) is 0 Å². The normalized spacial score (nSPS) is 17.1. The largest absolute Gasteiger partial charge is 0.341 e. The van der Waals surface area contributed by atoms with E-state index in [2.05, 4.69) is 15.6 Å². The van der Waals surface area contributed by atoms with E-state index in [0.29, 0.717) is 13.1 Å². The highest BCUT2D eigenvalue weighted by atomic mass is 16.2. The Labute approximate surface area is 118 Å². The van der Waals surface area contributed by atoms with Crippen molar-refractivity contribution in [3.63, 3.8) is 0 Å². The fourth-order valence-corrected chi connectivity index (χ4v) is 2.19. The summed E-state index contributed by atoms with van der Waals surface area (Å²) in [5.41, 5.74) is 0.929. The molecule has 0 saturated carbocycles. The molecule has 6 nitrogen and oxygen atoms in total. The van der Waals surface area contributed by atoms with Gasteiger partial charge in [-0.3, -0.25) is 14.6 Å². The number of hydrogen-bond acceptors (Lipinski definition) is 4. The molecule has 1 aliphatic heterocycles. The Morgan fingerprint density at radius 1 is 1.30 bits per heavy atom. The van der Waals surface area contributed by atoms with E-state index in [9.17, 15) is 9.59 Å². The third kappa shape index (κ3) is 3.77. The molecule has 0 radical (unpaired) electrons. The molecule has 0 spiro atoms. The second-order valence-electron chi connectivity index (χ2n) is 4.87. The lowest BCUT2D eigenvalue weighted by Crippen LogP contribution is -2.45. The molecular formula is C14H20N4O2. The first-order valence-electron chi connectivity index (χ1n) is 6.89. The Morgan fingerprint density at radius 3 is 2.80 bits per heavy atom. The van der Waals surface area contributed by atoms with Crippen LogP contribution in [-0.4, -0.2) is 47.9 Å². The van der Waals surface area contributed by atoms with E-state index in [1.165, 1.54) is 0 Å². The third-order valence-corrected chi connectivity index (χ3v) is 3.38. The Kier molecular flexibility index (Phi) is 5.06. The topological polar surface area (TPSA) is 74.3 Å². The first-order chi connectivity index (χ1) is 9.68. The number of nitrogens with zero attached hydrogens (tertiary/aromatic N) is 2. The summed E-state index contributed by atoms with van der Waals surface area (Å²) in [4.78, 5) is 29.6. The van der Waals surface area contributed by atoms with Crippen LogP contribution in [0.3, 0.4) is 0 Å². The maximum Gasteiger partial charge on any atom is 0.311 e. The van der Waals surface area contributed by atoms with Crippen LogP contribution < -0.4 is 10.6 Å². The minimum absolute atomic E-state index is 0.209. The summed E-state index contributed by atoms with van der Waals surface area (Å²) < 4.78 is 0. The van der Waals surface area contributed by atoms with Gasteiger partial charge in [0.25, 0.3) is 0 Å². The number of hydrogen-bond donors (Lipinski definition) is 2. The molecule has 2 N–H and O–H groups in total. The fourth-order valence-electron chi connectivity index (χ4n) is 2.19. The molecule has 1 saturated heterocycles. The predicted octanol–water partition coefficient (Wildman–Crippen LogP) is 0.0807. The van der Waals surface area contributed by atoms with E-state index in [4.69, 9.17) is 0 Å². The SMILES string of the molecule is CC(NC(=O)C(=O)N1CCCNCC1)c1ccncc1. The average Bonchev–Trinajstić information content (AvgIpc) is 2.76. The van der Waals surface area contributed by atoms with Crippen molar-refractivity contribution in [2.45, 2.75) is 19.4 Å². The van der Waals surface area contributed by atoms with Crippen molar-refractivity contribution in [1.29, 1.82) is 0 Å². The van der Waals surface area contributed by atoms with E-state index in [1.807, 2.05) is 19.1 Å². The molecule has 2 amide bonds. The van der Waals surface area contributed by atoms with Gasteiger partial charge < -0.3 is 15.5 Å². The number of carbonyl (C=O) groups excluding carboxylic acids is 2. The summed E-state index contributed by atoms with van der Waals surface area (Å²) in [5, 5.41) is 5.94. The third-order valence-electron chi connectivity index (χ3n) is 3.38. The number of carbonyl (C=O) groups is 2. The van der Waals surface area contributed by atoms with Crippen LogP contribution in [0.15, 0.2) is 24.5 Å². The van der Waals surface area contributed by atoms with Crippen LogP contribution in [0.4, 0.5) is 0 Å². The smallest absolute Gasteiger partial charge is 0.311 e. The lowest BCUT2D eigenvalue weighted by Gasteiger charge is -2.21. The van der Waals surface area contributed by atoms with E-state index >= 15 is 0 Å². The minimum Gasteiger partial charge on any atom is -0.341 e. The minimum atomic E-state index is -0.545. The number of rotatable bonds is 2. The summed E-state index contributed by atoms with van der Waals surface area (Å²) in [6.45, 7) is 4.68. The van der Waals surface area contributed by atoms with Crippen molar-refractivity contribution in [2.24, 2.45) is 0 Å². The maximum absolute atomic E-state index is 12.1. The summed E-state index contributed by atoms with van der Waals surface area (Å²) in [6, 6.07) is 3.44. The van der Waals surface area contributed by atoms with Gasteiger partial charge in [0.05, 0.1) is 6.04 Å². The van der Waals surface area contributed by atoms with Gasteiger partial charge in [-0.2, -0.15) is 0 Å². The molecular weight excluding hydrogens is 256 g/mol. The van der Waals surface area contributed by atoms with Crippen LogP contribution in [0.1, 0.15) is 24.9 Å². The second-order valence-corrected chi connectivity index (χ2v) is 4.87. The Morgan fingerprint density at radius 2 is 2.05 bits per heavy atom. The lowest BCUT2D eigenvalue weighted by atomic mass is 10.1. The summed E-state index contributed by atoms with van der Waals surface area (Å²) in [7, 11) is 0. The van der Waals surface area contributed by atoms with Gasteiger partial charge in [0, 0.05) is 32.0 Å². The molecule has 1 aromatic heterocycles. The highest BCUT2D eigenvalue weighted by molar-refractivity contribution is 6.35. The molecule has 0 aliphatic carbocycles. The average molecular weight is 276 g/mol. The predicted molar refractivity (Wildman–Crippen MR) is 74.9 cm³/mol.